The van der Waals surface area contributed by atoms with Gasteiger partial charge < -0.3 is 9.47 Å². The van der Waals surface area contributed by atoms with Crippen molar-refractivity contribution in [2.45, 2.75) is 50.2 Å². The summed E-state index contributed by atoms with van der Waals surface area (Å²) in [6.45, 7) is 8.03. The van der Waals surface area contributed by atoms with Crippen molar-refractivity contribution < 1.29 is 13.7 Å². The van der Waals surface area contributed by atoms with Gasteiger partial charge in [-0.15, -0.1) is 0 Å². The fourth-order valence-corrected chi connectivity index (χ4v) is 3.21. The molecule has 1 aromatic rings. The van der Waals surface area contributed by atoms with E-state index in [1.807, 2.05) is 12.1 Å². The van der Waals surface area contributed by atoms with Crippen molar-refractivity contribution in [1.29, 1.82) is 0 Å². The SMILES string of the molecule is CC(C)(C)c1ccc(S(=O)CCC2OCCCO2)cc1. The molecule has 20 heavy (non-hydrogen) atoms. The maximum Gasteiger partial charge on any atom is 0.158 e. The molecule has 3 nitrogen and oxygen atoms in total. The van der Waals surface area contributed by atoms with Gasteiger partial charge in [-0.1, -0.05) is 32.9 Å². The third kappa shape index (κ3) is 4.40. The van der Waals surface area contributed by atoms with Crippen molar-refractivity contribution in [2.75, 3.05) is 19.0 Å². The summed E-state index contributed by atoms with van der Waals surface area (Å²) < 4.78 is 23.2. The molecule has 1 aromatic carbocycles. The first-order chi connectivity index (χ1) is 9.47. The summed E-state index contributed by atoms with van der Waals surface area (Å²) in [4.78, 5) is 0.883. The summed E-state index contributed by atoms with van der Waals surface area (Å²) >= 11 is 0. The second kappa shape index (κ2) is 6.83. The summed E-state index contributed by atoms with van der Waals surface area (Å²) in [6, 6.07) is 8.08. The van der Waals surface area contributed by atoms with Crippen LogP contribution in [0.4, 0.5) is 0 Å². The molecule has 1 aliphatic rings. The van der Waals surface area contributed by atoms with E-state index in [2.05, 4.69) is 32.9 Å². The Bertz CT molecular complexity index is 442. The van der Waals surface area contributed by atoms with Crippen LogP contribution in [0, 0.1) is 0 Å². The van der Waals surface area contributed by atoms with Crippen LogP contribution in [-0.4, -0.2) is 29.5 Å². The molecular formula is C16H24O3S. The van der Waals surface area contributed by atoms with Gasteiger partial charge in [0.1, 0.15) is 0 Å². The minimum atomic E-state index is -0.980. The van der Waals surface area contributed by atoms with Crippen LogP contribution >= 0.6 is 0 Å². The molecule has 0 bridgehead atoms. The first-order valence-electron chi connectivity index (χ1n) is 7.19. The van der Waals surface area contributed by atoms with Crippen LogP contribution < -0.4 is 0 Å². The van der Waals surface area contributed by atoms with Crippen molar-refractivity contribution >= 4 is 10.8 Å². The highest BCUT2D eigenvalue weighted by atomic mass is 32.2. The van der Waals surface area contributed by atoms with Crippen LogP contribution in [0.5, 0.6) is 0 Å². The molecule has 4 heteroatoms. The smallest absolute Gasteiger partial charge is 0.158 e. The number of hydrogen-bond acceptors (Lipinski definition) is 3. The lowest BCUT2D eigenvalue weighted by Gasteiger charge is -2.23. The molecule has 1 atom stereocenters. The van der Waals surface area contributed by atoms with E-state index in [0.717, 1.165) is 24.5 Å². The molecule has 1 saturated heterocycles. The average molecular weight is 296 g/mol. The van der Waals surface area contributed by atoms with Crippen LogP contribution in [0.25, 0.3) is 0 Å². The second-order valence-electron chi connectivity index (χ2n) is 6.14. The van der Waals surface area contributed by atoms with Gasteiger partial charge in [-0.25, -0.2) is 0 Å². The zero-order chi connectivity index (χ0) is 14.6. The van der Waals surface area contributed by atoms with Gasteiger partial charge in [0.05, 0.1) is 24.0 Å². The lowest BCUT2D eigenvalue weighted by atomic mass is 9.87. The van der Waals surface area contributed by atoms with Crippen LogP contribution in [0.15, 0.2) is 29.2 Å². The molecule has 0 amide bonds. The molecule has 1 unspecified atom stereocenters. The molecular weight excluding hydrogens is 272 g/mol. The topological polar surface area (TPSA) is 35.5 Å². The van der Waals surface area contributed by atoms with E-state index < -0.39 is 10.8 Å². The van der Waals surface area contributed by atoms with E-state index in [1.54, 1.807) is 0 Å². The average Bonchev–Trinajstić information content (AvgIpc) is 2.45. The van der Waals surface area contributed by atoms with E-state index in [4.69, 9.17) is 9.47 Å². The Balaban J connectivity index is 1.89. The molecule has 0 N–H and O–H groups in total. The number of benzene rings is 1. The van der Waals surface area contributed by atoms with Gasteiger partial charge in [-0.2, -0.15) is 0 Å². The Kier molecular flexibility index (Phi) is 5.35. The predicted octanol–water partition coefficient (Wildman–Crippen LogP) is 3.24. The minimum Gasteiger partial charge on any atom is -0.353 e. The van der Waals surface area contributed by atoms with Crippen molar-refractivity contribution in [3.63, 3.8) is 0 Å². The summed E-state index contributed by atoms with van der Waals surface area (Å²) in [5.74, 6) is 0.583. The van der Waals surface area contributed by atoms with Gasteiger partial charge in [0.2, 0.25) is 0 Å². The Morgan fingerprint density at radius 2 is 1.75 bits per heavy atom. The molecule has 0 radical (unpaired) electrons. The zero-order valence-electron chi connectivity index (χ0n) is 12.6. The monoisotopic (exact) mass is 296 g/mol. The largest absolute Gasteiger partial charge is 0.353 e. The quantitative estimate of drug-likeness (QED) is 0.855. The maximum atomic E-state index is 12.2. The molecule has 1 aliphatic heterocycles. The Hall–Kier alpha value is -0.710. The van der Waals surface area contributed by atoms with Gasteiger partial charge in [-0.3, -0.25) is 4.21 Å². The van der Waals surface area contributed by atoms with Crippen LogP contribution in [0.2, 0.25) is 0 Å². The van der Waals surface area contributed by atoms with E-state index in [9.17, 15) is 4.21 Å². The molecule has 0 aromatic heterocycles. The molecule has 0 saturated carbocycles. The summed E-state index contributed by atoms with van der Waals surface area (Å²) in [6.07, 6.45) is 1.46. The highest BCUT2D eigenvalue weighted by Crippen LogP contribution is 2.23. The molecule has 1 fully saturated rings. The van der Waals surface area contributed by atoms with Crippen molar-refractivity contribution in [1.82, 2.24) is 0 Å². The second-order valence-corrected chi connectivity index (χ2v) is 7.71. The van der Waals surface area contributed by atoms with Gasteiger partial charge >= 0.3 is 0 Å². The summed E-state index contributed by atoms with van der Waals surface area (Å²) in [5.41, 5.74) is 1.39. The number of ether oxygens (including phenoxy) is 2. The fraction of sp³-hybridized carbons (Fsp3) is 0.625. The maximum absolute atomic E-state index is 12.2. The predicted molar refractivity (Wildman–Crippen MR) is 81.3 cm³/mol. The zero-order valence-corrected chi connectivity index (χ0v) is 13.4. The first-order valence-corrected chi connectivity index (χ1v) is 8.51. The molecule has 0 aliphatic carbocycles. The Labute approximate surface area is 124 Å². The van der Waals surface area contributed by atoms with E-state index in [0.29, 0.717) is 12.2 Å². The van der Waals surface area contributed by atoms with Gasteiger partial charge in [0, 0.05) is 17.1 Å². The Morgan fingerprint density at radius 3 is 2.30 bits per heavy atom. The van der Waals surface area contributed by atoms with E-state index >= 15 is 0 Å². The summed E-state index contributed by atoms with van der Waals surface area (Å²) in [7, 11) is -0.980. The first kappa shape index (κ1) is 15.7. The number of hydrogen-bond donors (Lipinski definition) is 0. The summed E-state index contributed by atoms with van der Waals surface area (Å²) in [5, 5.41) is 0. The third-order valence-electron chi connectivity index (χ3n) is 3.42. The van der Waals surface area contributed by atoms with Crippen LogP contribution in [0.3, 0.4) is 0 Å². The van der Waals surface area contributed by atoms with Gasteiger partial charge in [0.15, 0.2) is 6.29 Å². The fourth-order valence-electron chi connectivity index (χ4n) is 2.13. The van der Waals surface area contributed by atoms with Crippen molar-refractivity contribution in [2.24, 2.45) is 0 Å². The molecule has 2 rings (SSSR count). The van der Waals surface area contributed by atoms with Crippen molar-refractivity contribution in [3.8, 4) is 0 Å². The lowest BCUT2D eigenvalue weighted by molar-refractivity contribution is -0.178. The van der Waals surface area contributed by atoms with E-state index in [1.165, 1.54) is 5.56 Å². The molecule has 1 heterocycles. The molecule has 112 valence electrons. The number of rotatable bonds is 4. The molecule has 0 spiro atoms. The lowest BCUT2D eigenvalue weighted by Crippen LogP contribution is -2.26. The van der Waals surface area contributed by atoms with Gasteiger partial charge in [-0.05, 0) is 29.5 Å². The van der Waals surface area contributed by atoms with Gasteiger partial charge in [0.25, 0.3) is 0 Å². The highest BCUT2D eigenvalue weighted by Gasteiger charge is 2.17. The van der Waals surface area contributed by atoms with Crippen LogP contribution in [-0.2, 0) is 25.7 Å². The standard InChI is InChI=1S/C16H24O3S/c1-16(2,3)13-5-7-14(8-6-13)20(17)12-9-15-18-10-4-11-19-15/h5-8,15H,4,9-12H2,1-3H3. The van der Waals surface area contributed by atoms with Crippen LogP contribution in [0.1, 0.15) is 39.2 Å². The Morgan fingerprint density at radius 1 is 1.15 bits per heavy atom. The van der Waals surface area contributed by atoms with Crippen molar-refractivity contribution in [3.05, 3.63) is 29.8 Å². The normalized spacial score (nSPS) is 18.9. The third-order valence-corrected chi connectivity index (χ3v) is 4.82. The highest BCUT2D eigenvalue weighted by molar-refractivity contribution is 7.85. The van der Waals surface area contributed by atoms with E-state index in [-0.39, 0.29) is 11.7 Å². The minimum absolute atomic E-state index is 0.129.